The Hall–Kier alpha value is -0.0800. The molecule has 0 aliphatic carbocycles. The summed E-state index contributed by atoms with van der Waals surface area (Å²) in [5, 5.41) is 12.7. The van der Waals surface area contributed by atoms with Gasteiger partial charge in [0.15, 0.2) is 0 Å². The van der Waals surface area contributed by atoms with Crippen LogP contribution in [0.2, 0.25) is 0 Å². The van der Waals surface area contributed by atoms with Gasteiger partial charge in [-0.1, -0.05) is 0 Å². The van der Waals surface area contributed by atoms with Crippen molar-refractivity contribution < 1.29 is 5.11 Å². The molecule has 0 aromatic carbocycles. The zero-order valence-corrected chi connectivity index (χ0v) is 5.51. The Morgan fingerprint density at radius 2 is 1.67 bits per heavy atom. The van der Waals surface area contributed by atoms with E-state index in [0.29, 0.717) is 12.1 Å². The lowest BCUT2D eigenvalue weighted by Crippen LogP contribution is -2.40. The Kier molecular flexibility index (Phi) is 1.24. The molecule has 2 heteroatoms. The van der Waals surface area contributed by atoms with Crippen molar-refractivity contribution in [2.45, 2.75) is 43.9 Å². The number of rotatable bonds is 0. The molecular formula is C7H13NO. The van der Waals surface area contributed by atoms with E-state index >= 15 is 0 Å². The number of hydrogen-bond acceptors (Lipinski definition) is 2. The van der Waals surface area contributed by atoms with E-state index in [1.807, 2.05) is 0 Å². The van der Waals surface area contributed by atoms with Crippen molar-refractivity contribution in [1.29, 1.82) is 0 Å². The Balaban J connectivity index is 2.03. The van der Waals surface area contributed by atoms with Crippen LogP contribution in [0.15, 0.2) is 0 Å². The zero-order valence-electron chi connectivity index (χ0n) is 5.51. The van der Waals surface area contributed by atoms with E-state index in [1.165, 1.54) is 12.8 Å². The van der Waals surface area contributed by atoms with Gasteiger partial charge < -0.3 is 10.4 Å². The fourth-order valence-corrected chi connectivity index (χ4v) is 2.03. The van der Waals surface area contributed by atoms with Crippen LogP contribution in [0.5, 0.6) is 0 Å². The molecule has 0 spiro atoms. The molecule has 2 bridgehead atoms. The second-order valence-corrected chi connectivity index (χ2v) is 3.26. The van der Waals surface area contributed by atoms with Crippen molar-refractivity contribution in [3.63, 3.8) is 0 Å². The van der Waals surface area contributed by atoms with E-state index in [4.69, 9.17) is 0 Å². The molecule has 0 aromatic heterocycles. The van der Waals surface area contributed by atoms with Crippen LogP contribution in [0, 0.1) is 0 Å². The van der Waals surface area contributed by atoms with Crippen LogP contribution >= 0.6 is 0 Å². The molecule has 2 unspecified atom stereocenters. The van der Waals surface area contributed by atoms with Crippen LogP contribution < -0.4 is 5.32 Å². The van der Waals surface area contributed by atoms with E-state index in [0.717, 1.165) is 12.8 Å². The topological polar surface area (TPSA) is 32.3 Å². The smallest absolute Gasteiger partial charge is 0.0569 e. The van der Waals surface area contributed by atoms with Crippen molar-refractivity contribution in [1.82, 2.24) is 5.32 Å². The van der Waals surface area contributed by atoms with E-state index in [-0.39, 0.29) is 6.10 Å². The van der Waals surface area contributed by atoms with Crippen LogP contribution in [-0.2, 0) is 0 Å². The van der Waals surface area contributed by atoms with Crippen LogP contribution in [-0.4, -0.2) is 23.3 Å². The van der Waals surface area contributed by atoms with Gasteiger partial charge in [0.1, 0.15) is 0 Å². The molecule has 3 atom stereocenters. The fourth-order valence-electron chi connectivity index (χ4n) is 2.03. The minimum Gasteiger partial charge on any atom is -0.393 e. The third-order valence-electron chi connectivity index (χ3n) is 2.45. The first-order valence-corrected chi connectivity index (χ1v) is 3.79. The maximum Gasteiger partial charge on any atom is 0.0569 e. The quantitative estimate of drug-likeness (QED) is 0.489. The number of fused-ring (bicyclic) bond motifs is 2. The standard InChI is InChI=1S/C7H13NO/c9-7-3-5-1-2-6(4-7)8-5/h5-9H,1-4H2/t5-,6?,7?/m0/s1. The average Bonchev–Trinajstić information content (AvgIpc) is 2.11. The van der Waals surface area contributed by atoms with Gasteiger partial charge >= 0.3 is 0 Å². The summed E-state index contributed by atoms with van der Waals surface area (Å²) < 4.78 is 0. The molecule has 2 saturated heterocycles. The molecule has 2 aliphatic rings. The minimum atomic E-state index is -0.0104. The first-order chi connectivity index (χ1) is 4.34. The molecule has 0 saturated carbocycles. The van der Waals surface area contributed by atoms with Gasteiger partial charge in [-0.05, 0) is 25.7 Å². The SMILES string of the molecule is OC1CC2CC[C@@H](C1)N2. The molecule has 0 amide bonds. The highest BCUT2D eigenvalue weighted by molar-refractivity contribution is 4.91. The summed E-state index contributed by atoms with van der Waals surface area (Å²) in [6, 6.07) is 1.28. The maximum atomic E-state index is 9.25. The minimum absolute atomic E-state index is 0.0104. The number of aliphatic hydroxyl groups is 1. The van der Waals surface area contributed by atoms with Gasteiger partial charge in [0.2, 0.25) is 0 Å². The van der Waals surface area contributed by atoms with Crippen molar-refractivity contribution >= 4 is 0 Å². The van der Waals surface area contributed by atoms with Crippen molar-refractivity contribution in [3.05, 3.63) is 0 Å². The highest BCUT2D eigenvalue weighted by atomic mass is 16.3. The summed E-state index contributed by atoms with van der Waals surface area (Å²) in [6.07, 6.45) is 4.51. The molecule has 2 heterocycles. The summed E-state index contributed by atoms with van der Waals surface area (Å²) in [5.41, 5.74) is 0. The largest absolute Gasteiger partial charge is 0.393 e. The first-order valence-electron chi connectivity index (χ1n) is 3.79. The van der Waals surface area contributed by atoms with Gasteiger partial charge in [-0.25, -0.2) is 0 Å². The molecular weight excluding hydrogens is 114 g/mol. The second-order valence-electron chi connectivity index (χ2n) is 3.26. The Morgan fingerprint density at radius 3 is 2.22 bits per heavy atom. The summed E-state index contributed by atoms with van der Waals surface area (Å²) in [6.45, 7) is 0. The molecule has 9 heavy (non-hydrogen) atoms. The summed E-state index contributed by atoms with van der Waals surface area (Å²) in [5.74, 6) is 0. The predicted octanol–water partition coefficient (Wildman–Crippen LogP) is 0.262. The third kappa shape index (κ3) is 0.970. The van der Waals surface area contributed by atoms with Gasteiger partial charge in [-0.15, -0.1) is 0 Å². The van der Waals surface area contributed by atoms with Crippen LogP contribution in [0.3, 0.4) is 0 Å². The number of hydrogen-bond donors (Lipinski definition) is 2. The van der Waals surface area contributed by atoms with Gasteiger partial charge in [0.05, 0.1) is 6.10 Å². The van der Waals surface area contributed by atoms with Crippen LogP contribution in [0.25, 0.3) is 0 Å². The van der Waals surface area contributed by atoms with Crippen LogP contribution in [0.1, 0.15) is 25.7 Å². The lowest BCUT2D eigenvalue weighted by molar-refractivity contribution is 0.114. The highest BCUT2D eigenvalue weighted by Crippen LogP contribution is 2.26. The Bertz CT molecular complexity index is 103. The monoisotopic (exact) mass is 127 g/mol. The molecule has 2 aliphatic heterocycles. The second kappa shape index (κ2) is 1.96. The van der Waals surface area contributed by atoms with E-state index in [1.54, 1.807) is 0 Å². The summed E-state index contributed by atoms with van der Waals surface area (Å²) in [7, 11) is 0. The number of aliphatic hydroxyl groups excluding tert-OH is 1. The fraction of sp³-hybridized carbons (Fsp3) is 1.00. The predicted molar refractivity (Wildman–Crippen MR) is 35.2 cm³/mol. The lowest BCUT2D eigenvalue weighted by atomic mass is 10.0. The molecule has 2 fully saturated rings. The van der Waals surface area contributed by atoms with Crippen molar-refractivity contribution in [2.24, 2.45) is 0 Å². The summed E-state index contributed by atoms with van der Waals surface area (Å²) in [4.78, 5) is 0. The van der Waals surface area contributed by atoms with Gasteiger partial charge in [-0.3, -0.25) is 0 Å². The molecule has 2 rings (SSSR count). The Labute approximate surface area is 55.3 Å². The third-order valence-corrected chi connectivity index (χ3v) is 2.45. The normalized spacial score (nSPS) is 49.7. The number of nitrogens with one attached hydrogen (secondary N) is 1. The average molecular weight is 127 g/mol. The lowest BCUT2D eigenvalue weighted by Gasteiger charge is -2.24. The molecule has 2 N–H and O–H groups in total. The van der Waals surface area contributed by atoms with Gasteiger partial charge in [-0.2, -0.15) is 0 Å². The number of piperidine rings is 1. The van der Waals surface area contributed by atoms with E-state index in [2.05, 4.69) is 5.32 Å². The van der Waals surface area contributed by atoms with E-state index < -0.39 is 0 Å². The molecule has 2 nitrogen and oxygen atoms in total. The maximum absolute atomic E-state index is 9.25. The van der Waals surface area contributed by atoms with Crippen molar-refractivity contribution in [3.8, 4) is 0 Å². The van der Waals surface area contributed by atoms with Crippen LogP contribution in [0.4, 0.5) is 0 Å². The van der Waals surface area contributed by atoms with Gasteiger partial charge in [0.25, 0.3) is 0 Å². The highest BCUT2D eigenvalue weighted by Gasteiger charge is 2.31. The molecule has 52 valence electrons. The summed E-state index contributed by atoms with van der Waals surface area (Å²) >= 11 is 0. The van der Waals surface area contributed by atoms with E-state index in [9.17, 15) is 5.11 Å². The molecule has 0 aromatic rings. The van der Waals surface area contributed by atoms with Gasteiger partial charge in [0, 0.05) is 12.1 Å². The zero-order chi connectivity index (χ0) is 6.27. The van der Waals surface area contributed by atoms with Crippen molar-refractivity contribution in [2.75, 3.05) is 0 Å². The Morgan fingerprint density at radius 1 is 1.11 bits per heavy atom. The first kappa shape index (κ1) is 5.69. The molecule has 0 radical (unpaired) electrons.